The third kappa shape index (κ3) is 2.08. The Morgan fingerprint density at radius 1 is 1.83 bits per heavy atom. The van der Waals surface area contributed by atoms with E-state index in [-0.39, 0.29) is 11.8 Å². The Morgan fingerprint density at radius 2 is 2.50 bits per heavy atom. The number of aromatic nitrogens is 2. The molecule has 0 bridgehead atoms. The van der Waals surface area contributed by atoms with Crippen LogP contribution in [0.4, 0.5) is 0 Å². The van der Waals surface area contributed by atoms with Gasteiger partial charge in [0.15, 0.2) is 0 Å². The van der Waals surface area contributed by atoms with Gasteiger partial charge in [-0.15, -0.1) is 0 Å². The standard InChI is InChI=1S/C8H14N4/c1-6(8(9)10)5-12-4-3-7(2)11-12/h3-4,6H,5H2,1-2H3,(H3,9,10). The van der Waals surface area contributed by atoms with Gasteiger partial charge in [-0.3, -0.25) is 10.1 Å². The molecular formula is C8H14N4. The molecule has 0 saturated heterocycles. The molecule has 0 spiro atoms. The molecule has 0 aliphatic carbocycles. The van der Waals surface area contributed by atoms with Crippen LogP contribution in [-0.2, 0) is 6.54 Å². The number of nitrogens with two attached hydrogens (primary N) is 1. The van der Waals surface area contributed by atoms with Crippen molar-refractivity contribution in [2.45, 2.75) is 20.4 Å². The summed E-state index contributed by atoms with van der Waals surface area (Å²) in [7, 11) is 0. The van der Waals surface area contributed by atoms with Crippen molar-refractivity contribution < 1.29 is 0 Å². The summed E-state index contributed by atoms with van der Waals surface area (Å²) in [4.78, 5) is 0. The van der Waals surface area contributed by atoms with Crippen LogP contribution in [0.3, 0.4) is 0 Å². The van der Waals surface area contributed by atoms with Crippen LogP contribution in [0.25, 0.3) is 0 Å². The van der Waals surface area contributed by atoms with Gasteiger partial charge in [-0.05, 0) is 13.0 Å². The lowest BCUT2D eigenvalue weighted by Gasteiger charge is -2.08. The van der Waals surface area contributed by atoms with Crippen molar-refractivity contribution in [3.63, 3.8) is 0 Å². The molecular weight excluding hydrogens is 152 g/mol. The van der Waals surface area contributed by atoms with Gasteiger partial charge in [0.05, 0.1) is 18.1 Å². The van der Waals surface area contributed by atoms with Crippen LogP contribution in [0, 0.1) is 18.3 Å². The minimum Gasteiger partial charge on any atom is -0.387 e. The maximum atomic E-state index is 7.19. The zero-order chi connectivity index (χ0) is 9.14. The molecule has 0 aliphatic rings. The monoisotopic (exact) mass is 166 g/mol. The highest BCUT2D eigenvalue weighted by molar-refractivity contribution is 5.79. The third-order valence-electron chi connectivity index (χ3n) is 1.77. The molecule has 12 heavy (non-hydrogen) atoms. The van der Waals surface area contributed by atoms with E-state index in [2.05, 4.69) is 5.10 Å². The quantitative estimate of drug-likeness (QED) is 0.514. The average Bonchev–Trinajstić information content (AvgIpc) is 2.35. The van der Waals surface area contributed by atoms with Crippen LogP contribution in [0.15, 0.2) is 12.3 Å². The Hall–Kier alpha value is -1.32. The fraction of sp³-hybridized carbons (Fsp3) is 0.500. The second-order valence-corrected chi connectivity index (χ2v) is 3.04. The van der Waals surface area contributed by atoms with Crippen molar-refractivity contribution in [1.82, 2.24) is 9.78 Å². The van der Waals surface area contributed by atoms with Gasteiger partial charge in [-0.1, -0.05) is 6.92 Å². The highest BCUT2D eigenvalue weighted by Crippen LogP contribution is 2.00. The normalized spacial score (nSPS) is 12.8. The van der Waals surface area contributed by atoms with Crippen LogP contribution < -0.4 is 5.73 Å². The number of hydrogen-bond acceptors (Lipinski definition) is 2. The van der Waals surface area contributed by atoms with Crippen molar-refractivity contribution in [2.75, 3.05) is 0 Å². The molecule has 0 fully saturated rings. The van der Waals surface area contributed by atoms with E-state index in [1.54, 1.807) is 4.68 Å². The van der Waals surface area contributed by atoms with Crippen molar-refractivity contribution in [3.05, 3.63) is 18.0 Å². The first-order valence-corrected chi connectivity index (χ1v) is 3.93. The van der Waals surface area contributed by atoms with Gasteiger partial charge in [0, 0.05) is 12.1 Å². The molecule has 0 aliphatic heterocycles. The smallest absolute Gasteiger partial charge is 0.0952 e. The Kier molecular flexibility index (Phi) is 2.47. The number of amidine groups is 1. The Bertz CT molecular complexity index is 276. The van der Waals surface area contributed by atoms with Gasteiger partial charge < -0.3 is 5.73 Å². The molecule has 4 nitrogen and oxygen atoms in total. The van der Waals surface area contributed by atoms with E-state index in [0.717, 1.165) is 5.69 Å². The molecule has 0 amide bonds. The Labute approximate surface area is 71.9 Å². The van der Waals surface area contributed by atoms with Crippen LogP contribution in [0.5, 0.6) is 0 Å². The minimum absolute atomic E-state index is 0.0595. The summed E-state index contributed by atoms with van der Waals surface area (Å²) >= 11 is 0. The highest BCUT2D eigenvalue weighted by atomic mass is 15.3. The zero-order valence-electron chi connectivity index (χ0n) is 7.41. The second-order valence-electron chi connectivity index (χ2n) is 3.04. The van der Waals surface area contributed by atoms with Crippen LogP contribution >= 0.6 is 0 Å². The van der Waals surface area contributed by atoms with Crippen molar-refractivity contribution in [3.8, 4) is 0 Å². The summed E-state index contributed by atoms with van der Waals surface area (Å²) in [6, 6.07) is 1.94. The fourth-order valence-corrected chi connectivity index (χ4v) is 0.944. The van der Waals surface area contributed by atoms with Gasteiger partial charge in [-0.2, -0.15) is 5.10 Å². The van der Waals surface area contributed by atoms with Gasteiger partial charge in [0.1, 0.15) is 0 Å². The lowest BCUT2D eigenvalue weighted by Crippen LogP contribution is -2.24. The predicted molar refractivity (Wildman–Crippen MR) is 48.0 cm³/mol. The summed E-state index contributed by atoms with van der Waals surface area (Å²) in [5, 5.41) is 11.4. The largest absolute Gasteiger partial charge is 0.387 e. The Balaban J connectivity index is 2.58. The number of aryl methyl sites for hydroxylation is 1. The first-order valence-electron chi connectivity index (χ1n) is 3.93. The summed E-state index contributed by atoms with van der Waals surface area (Å²) in [6.45, 7) is 4.54. The molecule has 1 aromatic heterocycles. The van der Waals surface area contributed by atoms with Crippen molar-refractivity contribution in [2.24, 2.45) is 11.7 Å². The minimum atomic E-state index is 0.0595. The van der Waals surface area contributed by atoms with Gasteiger partial charge in [0.2, 0.25) is 0 Å². The zero-order valence-corrected chi connectivity index (χ0v) is 7.41. The lowest BCUT2D eigenvalue weighted by molar-refractivity contribution is 0.534. The van der Waals surface area contributed by atoms with Crippen LogP contribution in [0.2, 0.25) is 0 Å². The molecule has 1 heterocycles. The maximum absolute atomic E-state index is 7.19. The molecule has 66 valence electrons. The second kappa shape index (κ2) is 3.38. The van der Waals surface area contributed by atoms with Crippen molar-refractivity contribution in [1.29, 1.82) is 5.41 Å². The number of nitrogens with one attached hydrogen (secondary N) is 1. The first-order chi connectivity index (χ1) is 5.59. The molecule has 0 saturated carbocycles. The first kappa shape index (κ1) is 8.77. The molecule has 1 atom stereocenters. The van der Waals surface area contributed by atoms with Gasteiger partial charge in [0.25, 0.3) is 0 Å². The molecule has 0 aromatic carbocycles. The van der Waals surface area contributed by atoms with E-state index in [9.17, 15) is 0 Å². The summed E-state index contributed by atoms with van der Waals surface area (Å²) in [5.41, 5.74) is 6.32. The number of rotatable bonds is 3. The van der Waals surface area contributed by atoms with E-state index in [4.69, 9.17) is 11.1 Å². The summed E-state index contributed by atoms with van der Waals surface area (Å²) in [6.07, 6.45) is 1.90. The maximum Gasteiger partial charge on any atom is 0.0952 e. The van der Waals surface area contributed by atoms with Crippen LogP contribution in [-0.4, -0.2) is 15.6 Å². The third-order valence-corrected chi connectivity index (χ3v) is 1.77. The molecule has 4 heteroatoms. The number of hydrogen-bond donors (Lipinski definition) is 2. The number of nitrogens with zero attached hydrogens (tertiary/aromatic N) is 2. The lowest BCUT2D eigenvalue weighted by atomic mass is 10.2. The molecule has 3 N–H and O–H groups in total. The molecule has 1 rings (SSSR count). The highest BCUT2D eigenvalue weighted by Gasteiger charge is 2.05. The Morgan fingerprint density at radius 3 is 2.92 bits per heavy atom. The van der Waals surface area contributed by atoms with E-state index >= 15 is 0 Å². The average molecular weight is 166 g/mol. The molecule has 1 unspecified atom stereocenters. The van der Waals surface area contributed by atoms with Crippen LogP contribution in [0.1, 0.15) is 12.6 Å². The van der Waals surface area contributed by atoms with Gasteiger partial charge >= 0.3 is 0 Å². The SMILES string of the molecule is Cc1ccn(CC(C)C(=N)N)n1. The van der Waals surface area contributed by atoms with E-state index < -0.39 is 0 Å². The van der Waals surface area contributed by atoms with Gasteiger partial charge in [-0.25, -0.2) is 0 Å². The summed E-state index contributed by atoms with van der Waals surface area (Å²) in [5.74, 6) is 0.271. The van der Waals surface area contributed by atoms with Crippen molar-refractivity contribution >= 4 is 5.84 Å². The van der Waals surface area contributed by atoms with E-state index in [1.807, 2.05) is 26.1 Å². The van der Waals surface area contributed by atoms with E-state index in [1.165, 1.54) is 0 Å². The topological polar surface area (TPSA) is 67.7 Å². The fourth-order valence-electron chi connectivity index (χ4n) is 0.944. The van der Waals surface area contributed by atoms with E-state index in [0.29, 0.717) is 6.54 Å². The predicted octanol–water partition coefficient (Wildman–Crippen LogP) is 0.764. The molecule has 1 aromatic rings. The summed E-state index contributed by atoms with van der Waals surface area (Å²) < 4.78 is 1.81. The molecule has 0 radical (unpaired) electrons.